The SMILES string of the molecule is CC\C=C/C=C\C=C/CCCCCCCCCC(=O)OCC(COC(=O)CCC/C=C\C/C=C\C/C=C\CC)OC(=O)CCCCCC/C=C\C/C=C\C/C=C\CC. The third-order valence-electron chi connectivity index (χ3n) is 9.06. The van der Waals surface area contributed by atoms with Gasteiger partial charge >= 0.3 is 17.9 Å². The minimum Gasteiger partial charge on any atom is -0.462 e. The molecule has 6 heteroatoms. The maximum absolute atomic E-state index is 12.7. The Hall–Kier alpha value is -3.93. The van der Waals surface area contributed by atoms with E-state index in [-0.39, 0.29) is 44.0 Å². The number of allylic oxidation sites excluding steroid dienone is 18. The molecular formula is C52H82O6. The topological polar surface area (TPSA) is 78.9 Å². The molecule has 0 rings (SSSR count). The summed E-state index contributed by atoms with van der Waals surface area (Å²) in [6.45, 7) is 6.17. The van der Waals surface area contributed by atoms with E-state index in [4.69, 9.17) is 14.2 Å². The zero-order valence-electron chi connectivity index (χ0n) is 37.0. The summed E-state index contributed by atoms with van der Waals surface area (Å²) < 4.78 is 16.6. The van der Waals surface area contributed by atoms with E-state index in [0.29, 0.717) is 12.8 Å². The van der Waals surface area contributed by atoms with Crippen molar-refractivity contribution >= 4 is 17.9 Å². The highest BCUT2D eigenvalue weighted by molar-refractivity contribution is 5.71. The van der Waals surface area contributed by atoms with E-state index in [2.05, 4.69) is 130 Å². The number of hydrogen-bond donors (Lipinski definition) is 0. The van der Waals surface area contributed by atoms with E-state index in [1.54, 1.807) is 0 Å². The van der Waals surface area contributed by atoms with Gasteiger partial charge in [-0.05, 0) is 96.3 Å². The summed E-state index contributed by atoms with van der Waals surface area (Å²) in [7, 11) is 0. The number of hydrogen-bond acceptors (Lipinski definition) is 6. The maximum atomic E-state index is 12.7. The van der Waals surface area contributed by atoms with Crippen LogP contribution < -0.4 is 0 Å². The zero-order valence-corrected chi connectivity index (χ0v) is 37.0. The van der Waals surface area contributed by atoms with Gasteiger partial charge in [0.05, 0.1) is 0 Å². The fourth-order valence-corrected chi connectivity index (χ4v) is 5.71. The number of rotatable bonds is 39. The second-order valence-corrected chi connectivity index (χ2v) is 14.6. The lowest BCUT2D eigenvalue weighted by Crippen LogP contribution is -2.30. The number of ether oxygens (including phenoxy) is 3. The second-order valence-electron chi connectivity index (χ2n) is 14.6. The average Bonchev–Trinajstić information content (AvgIpc) is 3.22. The molecule has 0 aromatic rings. The predicted molar refractivity (Wildman–Crippen MR) is 247 cm³/mol. The molecular weight excluding hydrogens is 721 g/mol. The van der Waals surface area contributed by atoms with Gasteiger partial charge in [-0.15, -0.1) is 0 Å². The van der Waals surface area contributed by atoms with Crippen LogP contribution in [0.3, 0.4) is 0 Å². The smallest absolute Gasteiger partial charge is 0.306 e. The molecule has 1 atom stereocenters. The van der Waals surface area contributed by atoms with Gasteiger partial charge in [-0.1, -0.05) is 175 Å². The Morgan fingerprint density at radius 1 is 0.362 bits per heavy atom. The van der Waals surface area contributed by atoms with Gasteiger partial charge < -0.3 is 14.2 Å². The molecule has 0 aromatic heterocycles. The zero-order chi connectivity index (χ0) is 42.3. The van der Waals surface area contributed by atoms with Gasteiger partial charge in [-0.3, -0.25) is 14.4 Å². The van der Waals surface area contributed by atoms with Crippen molar-refractivity contribution in [3.63, 3.8) is 0 Å². The van der Waals surface area contributed by atoms with E-state index in [9.17, 15) is 14.4 Å². The molecule has 0 saturated carbocycles. The molecule has 0 aliphatic carbocycles. The molecule has 58 heavy (non-hydrogen) atoms. The molecule has 0 saturated heterocycles. The lowest BCUT2D eigenvalue weighted by atomic mass is 10.1. The van der Waals surface area contributed by atoms with Crippen LogP contribution in [-0.4, -0.2) is 37.2 Å². The van der Waals surface area contributed by atoms with Crippen molar-refractivity contribution in [3.05, 3.63) is 109 Å². The normalized spacial score (nSPS) is 13.1. The number of unbranched alkanes of at least 4 members (excludes halogenated alkanes) is 12. The number of esters is 3. The summed E-state index contributed by atoms with van der Waals surface area (Å²) in [6.07, 6.45) is 60.8. The van der Waals surface area contributed by atoms with Gasteiger partial charge in [0, 0.05) is 19.3 Å². The van der Waals surface area contributed by atoms with Crippen LogP contribution in [-0.2, 0) is 28.6 Å². The molecule has 0 aromatic carbocycles. The molecule has 326 valence electrons. The fraction of sp³-hybridized carbons (Fsp3) is 0.596. The molecule has 0 spiro atoms. The van der Waals surface area contributed by atoms with Crippen molar-refractivity contribution in [2.45, 2.75) is 187 Å². The number of carbonyl (C=O) groups excluding carboxylic acids is 3. The van der Waals surface area contributed by atoms with Gasteiger partial charge in [-0.2, -0.15) is 0 Å². The van der Waals surface area contributed by atoms with Crippen LogP contribution in [0.15, 0.2) is 109 Å². The molecule has 0 aliphatic heterocycles. The van der Waals surface area contributed by atoms with Gasteiger partial charge in [0.1, 0.15) is 13.2 Å². The van der Waals surface area contributed by atoms with Crippen LogP contribution >= 0.6 is 0 Å². The third kappa shape index (κ3) is 43.2. The highest BCUT2D eigenvalue weighted by Gasteiger charge is 2.19. The molecule has 0 fully saturated rings. The molecule has 0 heterocycles. The first-order valence-electron chi connectivity index (χ1n) is 22.9. The van der Waals surface area contributed by atoms with Crippen molar-refractivity contribution in [2.75, 3.05) is 13.2 Å². The van der Waals surface area contributed by atoms with Crippen molar-refractivity contribution in [1.29, 1.82) is 0 Å². The molecule has 6 nitrogen and oxygen atoms in total. The van der Waals surface area contributed by atoms with Gasteiger partial charge in [0.2, 0.25) is 0 Å². The van der Waals surface area contributed by atoms with E-state index in [0.717, 1.165) is 109 Å². The predicted octanol–water partition coefficient (Wildman–Crippen LogP) is 14.8. The highest BCUT2D eigenvalue weighted by atomic mass is 16.6. The largest absolute Gasteiger partial charge is 0.462 e. The summed E-state index contributed by atoms with van der Waals surface area (Å²) in [4.78, 5) is 37.8. The van der Waals surface area contributed by atoms with Crippen molar-refractivity contribution in [2.24, 2.45) is 0 Å². The summed E-state index contributed by atoms with van der Waals surface area (Å²) >= 11 is 0. The molecule has 0 bridgehead atoms. The highest BCUT2D eigenvalue weighted by Crippen LogP contribution is 2.12. The Morgan fingerprint density at radius 3 is 1.22 bits per heavy atom. The Morgan fingerprint density at radius 2 is 0.724 bits per heavy atom. The monoisotopic (exact) mass is 803 g/mol. The molecule has 0 amide bonds. The molecule has 1 unspecified atom stereocenters. The average molecular weight is 803 g/mol. The minimum atomic E-state index is -0.815. The first kappa shape index (κ1) is 54.1. The Balaban J connectivity index is 4.51. The summed E-state index contributed by atoms with van der Waals surface area (Å²) in [5.41, 5.74) is 0. The van der Waals surface area contributed by atoms with Crippen LogP contribution in [0.2, 0.25) is 0 Å². The van der Waals surface area contributed by atoms with Crippen LogP contribution in [0.25, 0.3) is 0 Å². The van der Waals surface area contributed by atoms with Crippen LogP contribution in [0.5, 0.6) is 0 Å². The standard InChI is InChI=1S/C52H82O6/c1-4-7-10-13-16-19-22-24-26-28-30-33-36-39-42-45-51(54)57-48-49(47-56-50(53)44-41-38-35-32-29-21-18-15-12-9-6-3)58-52(55)46-43-40-37-34-31-27-25-23-20-17-14-11-8-5-2/h7-13,16-22,25,27,32,35,49H,4-6,14-15,23-24,26,28-31,33-34,36-48H2,1-3H3/b10-7-,11-8-,12-9-,16-13-,20-17-,21-18-,22-19-,27-25-,35-32-. The van der Waals surface area contributed by atoms with E-state index < -0.39 is 6.10 Å². The van der Waals surface area contributed by atoms with Crippen LogP contribution in [0.4, 0.5) is 0 Å². The lowest BCUT2D eigenvalue weighted by Gasteiger charge is -2.18. The first-order chi connectivity index (χ1) is 28.5. The Labute approximate surface area is 355 Å². The van der Waals surface area contributed by atoms with E-state index in [1.807, 2.05) is 0 Å². The second kappa shape index (κ2) is 45.8. The quantitative estimate of drug-likeness (QED) is 0.0202. The fourth-order valence-electron chi connectivity index (χ4n) is 5.71. The number of carbonyl (C=O) groups is 3. The Bertz CT molecular complexity index is 1240. The van der Waals surface area contributed by atoms with E-state index >= 15 is 0 Å². The summed E-state index contributed by atoms with van der Waals surface area (Å²) in [6, 6.07) is 0. The lowest BCUT2D eigenvalue weighted by molar-refractivity contribution is -0.167. The van der Waals surface area contributed by atoms with E-state index in [1.165, 1.54) is 25.7 Å². The van der Waals surface area contributed by atoms with Crippen LogP contribution in [0.1, 0.15) is 181 Å². The van der Waals surface area contributed by atoms with Crippen molar-refractivity contribution < 1.29 is 28.6 Å². The van der Waals surface area contributed by atoms with Crippen molar-refractivity contribution in [1.82, 2.24) is 0 Å². The third-order valence-corrected chi connectivity index (χ3v) is 9.06. The van der Waals surface area contributed by atoms with Crippen molar-refractivity contribution in [3.8, 4) is 0 Å². The maximum Gasteiger partial charge on any atom is 0.306 e. The molecule has 0 N–H and O–H groups in total. The van der Waals surface area contributed by atoms with Gasteiger partial charge in [-0.25, -0.2) is 0 Å². The van der Waals surface area contributed by atoms with Gasteiger partial charge in [0.15, 0.2) is 6.10 Å². The Kier molecular flexibility index (Phi) is 42.7. The minimum absolute atomic E-state index is 0.112. The summed E-state index contributed by atoms with van der Waals surface area (Å²) in [5, 5.41) is 0. The molecule has 0 aliphatic rings. The van der Waals surface area contributed by atoms with Crippen LogP contribution in [0, 0.1) is 0 Å². The molecule has 0 radical (unpaired) electrons. The van der Waals surface area contributed by atoms with Gasteiger partial charge in [0.25, 0.3) is 0 Å². The first-order valence-corrected chi connectivity index (χ1v) is 22.9. The summed E-state index contributed by atoms with van der Waals surface area (Å²) in [5.74, 6) is -1.01.